The Morgan fingerprint density at radius 2 is 1.45 bits per heavy atom. The molecule has 0 bridgehead atoms. The highest BCUT2D eigenvalue weighted by Gasteiger charge is 2.25. The summed E-state index contributed by atoms with van der Waals surface area (Å²) in [6, 6.07) is 22.1. The van der Waals surface area contributed by atoms with E-state index in [1.54, 1.807) is 0 Å². The first kappa shape index (κ1) is 18.0. The normalized spacial score (nSPS) is 12.9. The molecule has 0 spiro atoms. The third kappa shape index (κ3) is 2.68. The van der Waals surface area contributed by atoms with Crippen molar-refractivity contribution in [1.29, 1.82) is 0 Å². The maximum atomic E-state index is 3.66. The molecule has 0 saturated carbocycles. The van der Waals surface area contributed by atoms with E-state index in [0.717, 1.165) is 0 Å². The van der Waals surface area contributed by atoms with E-state index < -0.39 is 0 Å². The van der Waals surface area contributed by atoms with Gasteiger partial charge < -0.3 is 4.90 Å². The summed E-state index contributed by atoms with van der Waals surface area (Å²) in [5, 5.41) is 0. The Hall–Kier alpha value is -3.07. The molecule has 2 heterocycles. The number of para-hydroxylation sites is 3. The van der Waals surface area contributed by atoms with Crippen LogP contribution in [0, 0.1) is 6.33 Å². The summed E-state index contributed by atoms with van der Waals surface area (Å²) < 4.78 is 4.45. The Kier molecular flexibility index (Phi) is 4.02. The zero-order valence-corrected chi connectivity index (χ0v) is 17.8. The van der Waals surface area contributed by atoms with Gasteiger partial charge in [-0.25, -0.2) is 0 Å². The lowest BCUT2D eigenvalue weighted by atomic mass is 9.95. The lowest BCUT2D eigenvalue weighted by Crippen LogP contribution is -2.36. The van der Waals surface area contributed by atoms with Crippen LogP contribution in [-0.2, 0) is 0 Å². The van der Waals surface area contributed by atoms with E-state index in [2.05, 4.69) is 116 Å². The Balaban J connectivity index is 1.83. The molecular formula is C26H27N3. The predicted octanol–water partition coefficient (Wildman–Crippen LogP) is 6.04. The number of nitrogens with zero attached hydrogens (tertiary/aromatic N) is 3. The number of anilines is 2. The molecule has 29 heavy (non-hydrogen) atoms. The summed E-state index contributed by atoms with van der Waals surface area (Å²) in [6.07, 6.45) is 3.66. The molecule has 1 aliphatic heterocycles. The van der Waals surface area contributed by atoms with Crippen LogP contribution in [0.1, 0.15) is 50.7 Å². The third-order valence-electron chi connectivity index (χ3n) is 6.06. The Labute approximate surface area is 172 Å². The molecule has 3 heteroatoms. The van der Waals surface area contributed by atoms with Gasteiger partial charge in [-0.3, -0.25) is 9.13 Å². The average Bonchev–Trinajstić information content (AvgIpc) is 3.12. The number of hydrogen-bond acceptors (Lipinski definition) is 1. The molecule has 0 fully saturated rings. The van der Waals surface area contributed by atoms with Gasteiger partial charge in [-0.05, 0) is 53.3 Å². The first-order chi connectivity index (χ1) is 14.0. The quantitative estimate of drug-likeness (QED) is 0.311. The standard InChI is InChI=1S/C26H27N3/c1-17(2)19-13-20(18(3)4)15-21(14-19)28-16-29-23-10-7-6-9-22(23)27(5)24-11-8-12-25(28)26(24)29/h6-15,17-18H,1-5H3. The Morgan fingerprint density at radius 1 is 0.793 bits per heavy atom. The van der Waals surface area contributed by atoms with E-state index in [0.29, 0.717) is 11.8 Å². The highest BCUT2D eigenvalue weighted by atomic mass is 15.2. The second-order valence-electron chi connectivity index (χ2n) is 8.63. The highest BCUT2D eigenvalue weighted by Crippen LogP contribution is 2.37. The molecule has 1 aromatic heterocycles. The lowest BCUT2D eigenvalue weighted by Gasteiger charge is -2.28. The van der Waals surface area contributed by atoms with Crippen molar-refractivity contribution in [2.75, 3.05) is 11.9 Å². The molecule has 0 atom stereocenters. The largest absolute Gasteiger partial charge is 0.351 e. The second kappa shape index (κ2) is 6.48. The summed E-state index contributed by atoms with van der Waals surface area (Å²) in [7, 11) is 2.14. The van der Waals surface area contributed by atoms with Crippen molar-refractivity contribution in [2.24, 2.45) is 0 Å². The van der Waals surface area contributed by atoms with Gasteiger partial charge in [-0.15, -0.1) is 0 Å². The molecular weight excluding hydrogens is 354 g/mol. The van der Waals surface area contributed by atoms with Gasteiger partial charge in [0.1, 0.15) is 5.52 Å². The molecule has 146 valence electrons. The summed E-state index contributed by atoms with van der Waals surface area (Å²) in [5.41, 5.74) is 9.89. The molecule has 4 aromatic rings. The smallest absolute Gasteiger partial charge is 0.269 e. The summed E-state index contributed by atoms with van der Waals surface area (Å²) in [5.74, 6) is 0.971. The minimum atomic E-state index is 0.486. The van der Waals surface area contributed by atoms with Crippen LogP contribution in [-0.4, -0.2) is 11.6 Å². The minimum absolute atomic E-state index is 0.486. The van der Waals surface area contributed by atoms with Crippen LogP contribution in [0.3, 0.4) is 0 Å². The fraction of sp³-hybridized carbons (Fsp3) is 0.269. The van der Waals surface area contributed by atoms with Crippen LogP contribution in [0.2, 0.25) is 0 Å². The van der Waals surface area contributed by atoms with E-state index in [1.807, 2.05) is 0 Å². The van der Waals surface area contributed by atoms with Crippen molar-refractivity contribution in [3.8, 4) is 11.4 Å². The average molecular weight is 382 g/mol. The van der Waals surface area contributed by atoms with Crippen molar-refractivity contribution in [1.82, 2.24) is 4.57 Å². The highest BCUT2D eigenvalue weighted by molar-refractivity contribution is 5.92. The fourth-order valence-corrected chi connectivity index (χ4v) is 4.30. The first-order valence-electron chi connectivity index (χ1n) is 10.4. The van der Waals surface area contributed by atoms with Gasteiger partial charge in [0.05, 0.1) is 22.6 Å². The maximum Gasteiger partial charge on any atom is 0.269 e. The van der Waals surface area contributed by atoms with E-state index in [4.69, 9.17) is 0 Å². The van der Waals surface area contributed by atoms with Crippen molar-refractivity contribution in [2.45, 2.75) is 39.5 Å². The predicted molar refractivity (Wildman–Crippen MR) is 120 cm³/mol. The van der Waals surface area contributed by atoms with Crippen molar-refractivity contribution >= 4 is 22.4 Å². The van der Waals surface area contributed by atoms with E-state index in [-0.39, 0.29) is 0 Å². The molecule has 3 nitrogen and oxygen atoms in total. The van der Waals surface area contributed by atoms with Crippen molar-refractivity contribution in [3.63, 3.8) is 0 Å². The van der Waals surface area contributed by atoms with Crippen LogP contribution in [0.4, 0.5) is 11.4 Å². The number of hydrogen-bond donors (Lipinski definition) is 0. The van der Waals surface area contributed by atoms with Crippen LogP contribution < -0.4 is 9.47 Å². The van der Waals surface area contributed by atoms with Crippen molar-refractivity contribution < 1.29 is 4.57 Å². The van der Waals surface area contributed by atoms with Crippen LogP contribution >= 0.6 is 0 Å². The SMILES string of the molecule is CC(C)c1cc(C(C)C)cc(-n2[c-][n+]3c4c(cccc42)N(C)c2ccccc2-3)c1. The number of aromatic nitrogens is 2. The van der Waals surface area contributed by atoms with Crippen molar-refractivity contribution in [3.05, 3.63) is 78.1 Å². The number of imidazole rings is 1. The first-order valence-corrected chi connectivity index (χ1v) is 10.4. The zero-order chi connectivity index (χ0) is 20.3. The molecule has 3 aromatic carbocycles. The van der Waals surface area contributed by atoms with Gasteiger partial charge in [0.2, 0.25) is 0 Å². The molecule has 0 unspecified atom stereocenters. The molecule has 0 aliphatic carbocycles. The van der Waals surface area contributed by atoms with E-state index in [9.17, 15) is 0 Å². The fourth-order valence-electron chi connectivity index (χ4n) is 4.30. The van der Waals surface area contributed by atoms with E-state index >= 15 is 0 Å². The minimum Gasteiger partial charge on any atom is -0.351 e. The van der Waals surface area contributed by atoms with Crippen LogP contribution in [0.25, 0.3) is 22.4 Å². The van der Waals surface area contributed by atoms with Crippen LogP contribution in [0.5, 0.6) is 0 Å². The summed E-state index contributed by atoms with van der Waals surface area (Å²) in [6.45, 7) is 9.05. The third-order valence-corrected chi connectivity index (χ3v) is 6.06. The van der Waals surface area contributed by atoms with Gasteiger partial charge in [-0.1, -0.05) is 58.0 Å². The number of rotatable bonds is 3. The molecule has 0 radical (unpaired) electrons. The monoisotopic (exact) mass is 381 g/mol. The zero-order valence-electron chi connectivity index (χ0n) is 17.8. The molecule has 0 N–H and O–H groups in total. The topological polar surface area (TPSA) is 12.0 Å². The second-order valence-corrected chi connectivity index (χ2v) is 8.63. The Morgan fingerprint density at radius 3 is 2.14 bits per heavy atom. The molecule has 0 saturated heterocycles. The van der Waals surface area contributed by atoms with Gasteiger partial charge >= 0.3 is 0 Å². The summed E-state index contributed by atoms with van der Waals surface area (Å²) in [4.78, 5) is 2.28. The molecule has 1 aliphatic rings. The number of benzene rings is 3. The molecule has 5 rings (SSSR count). The maximum absolute atomic E-state index is 3.66. The van der Waals surface area contributed by atoms with Gasteiger partial charge in [0, 0.05) is 12.7 Å². The Bertz CT molecular complexity index is 1200. The van der Waals surface area contributed by atoms with Gasteiger partial charge in [0.15, 0.2) is 0 Å². The number of fused-ring (bicyclic) bond motifs is 2. The van der Waals surface area contributed by atoms with E-state index in [1.165, 1.54) is 44.9 Å². The summed E-state index contributed by atoms with van der Waals surface area (Å²) >= 11 is 0. The lowest BCUT2D eigenvalue weighted by molar-refractivity contribution is -0.572. The van der Waals surface area contributed by atoms with Crippen LogP contribution in [0.15, 0.2) is 60.7 Å². The molecule has 0 amide bonds. The van der Waals surface area contributed by atoms with Gasteiger partial charge in [0.25, 0.3) is 6.33 Å². The van der Waals surface area contributed by atoms with Gasteiger partial charge in [-0.2, -0.15) is 0 Å².